The lowest BCUT2D eigenvalue weighted by atomic mass is 10.3. The fourth-order valence-electron chi connectivity index (χ4n) is 1.87. The van der Waals surface area contributed by atoms with Gasteiger partial charge in [-0.2, -0.15) is 0 Å². The highest BCUT2D eigenvalue weighted by Crippen LogP contribution is 2.14. The molecule has 0 amide bonds. The van der Waals surface area contributed by atoms with Crippen molar-refractivity contribution in [1.82, 2.24) is 0 Å². The number of hydrogen-bond donors (Lipinski definition) is 2. The first-order chi connectivity index (χ1) is 10.8. The Morgan fingerprint density at radius 2 is 1.00 bits per heavy atom. The first kappa shape index (κ1) is 15.6. The average molecular weight is 291 g/mol. The molecule has 0 aliphatic carbocycles. The summed E-state index contributed by atoms with van der Waals surface area (Å²) in [4.78, 5) is 0. The monoisotopic (exact) mass is 291 g/mol. The fourth-order valence-corrected chi connectivity index (χ4v) is 1.87. The molecule has 0 aromatic heterocycles. The van der Waals surface area contributed by atoms with Crippen molar-refractivity contribution in [2.75, 3.05) is 17.4 Å². The van der Waals surface area contributed by atoms with Gasteiger partial charge in [-0.05, 0) is 36.4 Å². The molecule has 3 N–H and O–H groups in total. The van der Waals surface area contributed by atoms with E-state index in [1.165, 1.54) is 0 Å². The van der Waals surface area contributed by atoms with Crippen LogP contribution in [0.4, 0.5) is 17.1 Å². The number of rotatable bonds is 3. The summed E-state index contributed by atoms with van der Waals surface area (Å²) in [6.07, 6.45) is 0. The van der Waals surface area contributed by atoms with Gasteiger partial charge in [0, 0.05) is 18.4 Å². The van der Waals surface area contributed by atoms with Gasteiger partial charge < -0.3 is 10.3 Å². The lowest BCUT2D eigenvalue weighted by molar-refractivity contribution is 1.02. The summed E-state index contributed by atoms with van der Waals surface area (Å²) in [5.41, 5.74) is 3.26. The molecule has 0 radical (unpaired) electrons. The van der Waals surface area contributed by atoms with Crippen molar-refractivity contribution in [2.24, 2.45) is 5.84 Å². The van der Waals surface area contributed by atoms with Crippen molar-refractivity contribution in [2.45, 2.75) is 0 Å². The number of anilines is 3. The van der Waals surface area contributed by atoms with E-state index in [2.05, 4.69) is 5.32 Å². The van der Waals surface area contributed by atoms with Crippen LogP contribution in [0, 0.1) is 0 Å². The summed E-state index contributed by atoms with van der Waals surface area (Å²) in [6.45, 7) is 0. The highest BCUT2D eigenvalue weighted by Gasteiger charge is 1.90. The quantitative estimate of drug-likeness (QED) is 0.554. The van der Waals surface area contributed by atoms with E-state index in [1.807, 2.05) is 98.0 Å². The molecule has 3 rings (SSSR count). The van der Waals surface area contributed by atoms with E-state index in [-0.39, 0.29) is 0 Å². The molecule has 0 atom stereocenters. The SMILES string of the molecule is CN(N)c1ccccc1.c1ccc(Nc2ccccc2)cc1. The predicted molar refractivity (Wildman–Crippen MR) is 95.2 cm³/mol. The summed E-state index contributed by atoms with van der Waals surface area (Å²) in [7, 11) is 1.81. The Balaban J connectivity index is 0.000000172. The second kappa shape index (κ2) is 8.49. The smallest absolute Gasteiger partial charge is 0.0513 e. The number of benzene rings is 3. The highest BCUT2D eigenvalue weighted by atomic mass is 15.4. The molecule has 0 aliphatic heterocycles. The van der Waals surface area contributed by atoms with Crippen LogP contribution in [0.1, 0.15) is 0 Å². The number of nitrogens with one attached hydrogen (secondary N) is 1. The van der Waals surface area contributed by atoms with Crippen LogP contribution in [0.25, 0.3) is 0 Å². The Labute approximate surface area is 132 Å². The minimum Gasteiger partial charge on any atom is -0.356 e. The molecule has 3 aromatic carbocycles. The molecule has 3 aromatic rings. The van der Waals surface area contributed by atoms with Gasteiger partial charge in [0.15, 0.2) is 0 Å². The normalized spacial score (nSPS) is 9.36. The van der Waals surface area contributed by atoms with E-state index in [4.69, 9.17) is 5.84 Å². The van der Waals surface area contributed by atoms with Gasteiger partial charge in [0.25, 0.3) is 0 Å². The van der Waals surface area contributed by atoms with Gasteiger partial charge in [-0.3, -0.25) is 0 Å². The first-order valence-electron chi connectivity index (χ1n) is 7.16. The molecule has 0 heterocycles. The summed E-state index contributed by atoms with van der Waals surface area (Å²) in [6, 6.07) is 30.1. The van der Waals surface area contributed by atoms with Crippen LogP contribution in [0.5, 0.6) is 0 Å². The van der Waals surface area contributed by atoms with Crippen LogP contribution < -0.4 is 16.2 Å². The van der Waals surface area contributed by atoms with Gasteiger partial charge in [-0.25, -0.2) is 5.84 Å². The van der Waals surface area contributed by atoms with Crippen LogP contribution >= 0.6 is 0 Å². The molecule has 0 bridgehead atoms. The van der Waals surface area contributed by atoms with Crippen molar-refractivity contribution in [3.63, 3.8) is 0 Å². The molecular formula is C19H21N3. The molecule has 0 fully saturated rings. The Kier molecular flexibility index (Phi) is 6.03. The Hall–Kier alpha value is -2.78. The summed E-state index contributed by atoms with van der Waals surface area (Å²) < 4.78 is 0. The molecule has 0 spiro atoms. The van der Waals surface area contributed by atoms with Gasteiger partial charge >= 0.3 is 0 Å². The zero-order valence-electron chi connectivity index (χ0n) is 12.7. The first-order valence-corrected chi connectivity index (χ1v) is 7.16. The maximum absolute atomic E-state index is 5.45. The van der Waals surface area contributed by atoms with E-state index in [0.717, 1.165) is 17.1 Å². The number of nitrogens with two attached hydrogens (primary N) is 1. The van der Waals surface area contributed by atoms with Crippen molar-refractivity contribution < 1.29 is 0 Å². The molecule has 3 heteroatoms. The lowest BCUT2D eigenvalue weighted by Gasteiger charge is -2.09. The van der Waals surface area contributed by atoms with Crippen molar-refractivity contribution >= 4 is 17.1 Å². The largest absolute Gasteiger partial charge is 0.356 e. The zero-order valence-corrected chi connectivity index (χ0v) is 12.7. The minimum absolute atomic E-state index is 1.03. The third-order valence-corrected chi connectivity index (χ3v) is 3.00. The summed E-state index contributed by atoms with van der Waals surface area (Å²) in [5, 5.41) is 4.89. The zero-order chi connectivity index (χ0) is 15.6. The predicted octanol–water partition coefficient (Wildman–Crippen LogP) is 4.43. The number of hydrazine groups is 1. The van der Waals surface area contributed by atoms with Crippen LogP contribution in [-0.2, 0) is 0 Å². The fraction of sp³-hybridized carbons (Fsp3) is 0.0526. The topological polar surface area (TPSA) is 41.3 Å². The van der Waals surface area contributed by atoms with Gasteiger partial charge in [0.2, 0.25) is 0 Å². The van der Waals surface area contributed by atoms with E-state index >= 15 is 0 Å². The maximum Gasteiger partial charge on any atom is 0.0513 e. The van der Waals surface area contributed by atoms with Gasteiger partial charge in [0.1, 0.15) is 0 Å². The van der Waals surface area contributed by atoms with E-state index in [1.54, 1.807) is 5.01 Å². The molecule has 3 nitrogen and oxygen atoms in total. The molecule has 0 saturated carbocycles. The Bertz CT molecular complexity index is 600. The average Bonchev–Trinajstić information content (AvgIpc) is 2.58. The molecule has 112 valence electrons. The van der Waals surface area contributed by atoms with E-state index < -0.39 is 0 Å². The number of hydrogen-bond acceptors (Lipinski definition) is 3. The second-order valence-corrected chi connectivity index (χ2v) is 4.80. The third-order valence-electron chi connectivity index (χ3n) is 3.00. The number of para-hydroxylation sites is 3. The molecule has 22 heavy (non-hydrogen) atoms. The Morgan fingerprint density at radius 3 is 1.32 bits per heavy atom. The summed E-state index contributed by atoms with van der Waals surface area (Å²) in [5.74, 6) is 5.45. The van der Waals surface area contributed by atoms with Gasteiger partial charge in [-0.15, -0.1) is 0 Å². The molecule has 0 unspecified atom stereocenters. The van der Waals surface area contributed by atoms with E-state index in [9.17, 15) is 0 Å². The van der Waals surface area contributed by atoms with E-state index in [0.29, 0.717) is 0 Å². The number of nitrogens with zero attached hydrogens (tertiary/aromatic N) is 1. The lowest BCUT2D eigenvalue weighted by Crippen LogP contribution is -2.24. The second-order valence-electron chi connectivity index (χ2n) is 4.80. The standard InChI is InChI=1S/C12H11N.C7H10N2/c1-3-7-11(8-4-1)13-12-9-5-2-6-10-12;1-9(8)7-5-3-2-4-6-7/h1-10,13H;2-6H,8H2,1H3. The highest BCUT2D eigenvalue weighted by molar-refractivity contribution is 5.58. The molecular weight excluding hydrogens is 270 g/mol. The van der Waals surface area contributed by atoms with Crippen LogP contribution in [0.3, 0.4) is 0 Å². The van der Waals surface area contributed by atoms with Crippen molar-refractivity contribution in [3.05, 3.63) is 91.0 Å². The minimum atomic E-state index is 1.03. The Morgan fingerprint density at radius 1 is 0.636 bits per heavy atom. The van der Waals surface area contributed by atoms with Crippen molar-refractivity contribution in [1.29, 1.82) is 0 Å². The summed E-state index contributed by atoms with van der Waals surface area (Å²) >= 11 is 0. The molecule has 0 saturated heterocycles. The molecule has 0 aliphatic rings. The van der Waals surface area contributed by atoms with Crippen LogP contribution in [-0.4, -0.2) is 7.05 Å². The van der Waals surface area contributed by atoms with Crippen LogP contribution in [0.15, 0.2) is 91.0 Å². The van der Waals surface area contributed by atoms with Gasteiger partial charge in [0.05, 0.1) is 5.69 Å². The van der Waals surface area contributed by atoms with Crippen LogP contribution in [0.2, 0.25) is 0 Å². The van der Waals surface area contributed by atoms with Crippen molar-refractivity contribution in [3.8, 4) is 0 Å². The third kappa shape index (κ3) is 5.31. The van der Waals surface area contributed by atoms with Gasteiger partial charge in [-0.1, -0.05) is 54.6 Å². The maximum atomic E-state index is 5.45.